The van der Waals surface area contributed by atoms with Gasteiger partial charge in [-0.2, -0.15) is 5.10 Å². The number of aryl methyl sites for hydroxylation is 1. The molecule has 110 valence electrons. The number of hydrogen-bond acceptors (Lipinski definition) is 4. The minimum Gasteiger partial charge on any atom is -0.335 e. The average molecular weight is 286 g/mol. The Kier molecular flexibility index (Phi) is 3.70. The van der Waals surface area contributed by atoms with Gasteiger partial charge in [-0.05, 0) is 13.0 Å². The van der Waals surface area contributed by atoms with Gasteiger partial charge in [-0.15, -0.1) is 0 Å². The molecule has 1 aliphatic rings. The van der Waals surface area contributed by atoms with E-state index >= 15 is 0 Å². The van der Waals surface area contributed by atoms with Crippen molar-refractivity contribution in [2.75, 3.05) is 26.2 Å². The molecule has 2 aromatic rings. The Bertz CT molecular complexity index is 732. The third-order valence-corrected chi connectivity index (χ3v) is 3.77. The molecule has 3 rings (SSSR count). The molecule has 0 aliphatic carbocycles. The van der Waals surface area contributed by atoms with Gasteiger partial charge in [0.1, 0.15) is 0 Å². The number of fused-ring (bicyclic) bond motifs is 1. The van der Waals surface area contributed by atoms with Gasteiger partial charge in [-0.25, -0.2) is 4.68 Å². The molecular weight excluding hydrogens is 268 g/mol. The molecule has 0 atom stereocenters. The molecule has 1 N–H and O–H groups in total. The van der Waals surface area contributed by atoms with Crippen molar-refractivity contribution >= 4 is 16.7 Å². The highest BCUT2D eigenvalue weighted by Gasteiger charge is 2.22. The van der Waals surface area contributed by atoms with E-state index in [-0.39, 0.29) is 11.5 Å². The number of amides is 1. The summed E-state index contributed by atoms with van der Waals surface area (Å²) in [6, 6.07) is 7.18. The van der Waals surface area contributed by atoms with Gasteiger partial charge in [0, 0.05) is 38.1 Å². The molecule has 6 nitrogen and oxygen atoms in total. The second-order valence-electron chi connectivity index (χ2n) is 5.06. The van der Waals surface area contributed by atoms with Crippen molar-refractivity contribution in [1.82, 2.24) is 20.0 Å². The first-order chi connectivity index (χ1) is 10.2. The minimum absolute atomic E-state index is 0.102. The number of nitrogens with one attached hydrogen (secondary N) is 1. The monoisotopic (exact) mass is 286 g/mol. The van der Waals surface area contributed by atoms with Gasteiger partial charge in [0.05, 0.1) is 5.39 Å². The zero-order chi connectivity index (χ0) is 14.8. The first kappa shape index (κ1) is 13.8. The summed E-state index contributed by atoms with van der Waals surface area (Å²) in [6.45, 7) is 5.21. The molecule has 6 heteroatoms. The molecule has 0 spiro atoms. The number of carbonyl (C=O) groups excluding carboxylic acids is 1. The van der Waals surface area contributed by atoms with Gasteiger partial charge in [0.2, 0.25) is 0 Å². The summed E-state index contributed by atoms with van der Waals surface area (Å²) in [4.78, 5) is 26.8. The van der Waals surface area contributed by atoms with Crippen LogP contribution in [0.25, 0.3) is 10.8 Å². The predicted molar refractivity (Wildman–Crippen MR) is 80.5 cm³/mol. The topological polar surface area (TPSA) is 67.2 Å². The Balaban J connectivity index is 2.15. The number of benzene rings is 1. The fourth-order valence-electron chi connectivity index (χ4n) is 2.63. The van der Waals surface area contributed by atoms with Crippen molar-refractivity contribution in [2.24, 2.45) is 0 Å². The predicted octanol–water partition coefficient (Wildman–Crippen LogP) is 0.462. The van der Waals surface area contributed by atoms with Crippen LogP contribution < -0.4 is 10.9 Å². The van der Waals surface area contributed by atoms with Crippen LogP contribution in [-0.4, -0.2) is 46.8 Å². The van der Waals surface area contributed by atoms with Crippen LogP contribution in [0.5, 0.6) is 0 Å². The molecule has 0 saturated carbocycles. The normalized spacial score (nSPS) is 15.4. The standard InChI is InChI=1S/C15H18N4O2/c1-2-19-14(20)12-6-4-3-5-11(12)13(17-19)15(21)18-9-7-16-8-10-18/h3-6,16H,2,7-10H2,1H3. The Morgan fingerprint density at radius 3 is 2.57 bits per heavy atom. The molecule has 0 unspecified atom stereocenters. The van der Waals surface area contributed by atoms with Crippen LogP contribution in [0.2, 0.25) is 0 Å². The molecule has 2 heterocycles. The van der Waals surface area contributed by atoms with Crippen molar-refractivity contribution in [1.29, 1.82) is 0 Å². The highest BCUT2D eigenvalue weighted by molar-refractivity contribution is 6.04. The van der Waals surface area contributed by atoms with E-state index < -0.39 is 0 Å². The number of rotatable bonds is 2. The number of hydrogen-bond donors (Lipinski definition) is 1. The number of piperazine rings is 1. The van der Waals surface area contributed by atoms with E-state index in [0.29, 0.717) is 36.1 Å². The fourth-order valence-corrected chi connectivity index (χ4v) is 2.63. The lowest BCUT2D eigenvalue weighted by Gasteiger charge is -2.27. The summed E-state index contributed by atoms with van der Waals surface area (Å²) >= 11 is 0. The molecule has 1 aliphatic heterocycles. The Labute approximate surface area is 122 Å². The zero-order valence-electron chi connectivity index (χ0n) is 12.0. The van der Waals surface area contributed by atoms with Gasteiger partial charge < -0.3 is 10.2 Å². The van der Waals surface area contributed by atoms with Gasteiger partial charge in [0.15, 0.2) is 5.69 Å². The third kappa shape index (κ3) is 2.42. The van der Waals surface area contributed by atoms with Crippen molar-refractivity contribution in [2.45, 2.75) is 13.5 Å². The van der Waals surface area contributed by atoms with Gasteiger partial charge in [0.25, 0.3) is 11.5 Å². The van der Waals surface area contributed by atoms with Crippen molar-refractivity contribution in [3.63, 3.8) is 0 Å². The van der Waals surface area contributed by atoms with Crippen LogP contribution in [0.3, 0.4) is 0 Å². The molecule has 21 heavy (non-hydrogen) atoms. The van der Waals surface area contributed by atoms with E-state index in [1.54, 1.807) is 17.0 Å². The van der Waals surface area contributed by atoms with Gasteiger partial charge >= 0.3 is 0 Å². The summed E-state index contributed by atoms with van der Waals surface area (Å²) in [5, 5.41) is 8.69. The van der Waals surface area contributed by atoms with Crippen molar-refractivity contribution in [3.05, 3.63) is 40.3 Å². The maximum absolute atomic E-state index is 12.7. The van der Waals surface area contributed by atoms with E-state index in [1.165, 1.54) is 4.68 Å². The van der Waals surface area contributed by atoms with Crippen LogP contribution >= 0.6 is 0 Å². The molecule has 1 fully saturated rings. The Morgan fingerprint density at radius 1 is 1.24 bits per heavy atom. The first-order valence-corrected chi connectivity index (χ1v) is 7.22. The number of nitrogens with zero attached hydrogens (tertiary/aromatic N) is 3. The maximum Gasteiger partial charge on any atom is 0.275 e. The molecule has 0 radical (unpaired) electrons. The van der Waals surface area contributed by atoms with Crippen LogP contribution in [0.4, 0.5) is 0 Å². The van der Waals surface area contributed by atoms with Gasteiger partial charge in [-0.3, -0.25) is 9.59 Å². The highest BCUT2D eigenvalue weighted by Crippen LogP contribution is 2.15. The first-order valence-electron chi connectivity index (χ1n) is 7.22. The third-order valence-electron chi connectivity index (χ3n) is 3.77. The van der Waals surface area contributed by atoms with Crippen LogP contribution in [0.15, 0.2) is 29.1 Å². The van der Waals surface area contributed by atoms with Crippen LogP contribution in [0, 0.1) is 0 Å². The van der Waals surface area contributed by atoms with Crippen LogP contribution in [0.1, 0.15) is 17.4 Å². The largest absolute Gasteiger partial charge is 0.335 e. The molecule has 0 bridgehead atoms. The van der Waals surface area contributed by atoms with Crippen molar-refractivity contribution in [3.8, 4) is 0 Å². The van der Waals surface area contributed by atoms with E-state index in [1.807, 2.05) is 19.1 Å². The summed E-state index contributed by atoms with van der Waals surface area (Å²) in [5.74, 6) is -0.102. The van der Waals surface area contributed by atoms with Crippen molar-refractivity contribution < 1.29 is 4.79 Å². The number of carbonyl (C=O) groups is 1. The zero-order valence-corrected chi connectivity index (χ0v) is 12.0. The Morgan fingerprint density at radius 2 is 1.90 bits per heavy atom. The minimum atomic E-state index is -0.148. The lowest BCUT2D eigenvalue weighted by Crippen LogP contribution is -2.47. The van der Waals surface area contributed by atoms with E-state index in [4.69, 9.17) is 0 Å². The highest BCUT2D eigenvalue weighted by atomic mass is 16.2. The lowest BCUT2D eigenvalue weighted by atomic mass is 10.1. The second kappa shape index (κ2) is 5.65. The fraction of sp³-hybridized carbons (Fsp3) is 0.400. The molecule has 1 aromatic heterocycles. The van der Waals surface area contributed by atoms with E-state index in [0.717, 1.165) is 13.1 Å². The van der Waals surface area contributed by atoms with Gasteiger partial charge in [-0.1, -0.05) is 18.2 Å². The SMILES string of the molecule is CCn1nc(C(=O)N2CCNCC2)c2ccccc2c1=O. The molecule has 1 saturated heterocycles. The summed E-state index contributed by atoms with van der Waals surface area (Å²) in [6.07, 6.45) is 0. The molecule has 1 amide bonds. The summed E-state index contributed by atoms with van der Waals surface area (Å²) in [5.41, 5.74) is 0.221. The molecule has 1 aromatic carbocycles. The molecular formula is C15H18N4O2. The average Bonchev–Trinajstić information content (AvgIpc) is 2.56. The summed E-state index contributed by atoms with van der Waals surface area (Å²) in [7, 11) is 0. The van der Waals surface area contributed by atoms with Crippen LogP contribution in [-0.2, 0) is 6.54 Å². The quantitative estimate of drug-likeness (QED) is 0.871. The Hall–Kier alpha value is -2.21. The second-order valence-corrected chi connectivity index (χ2v) is 5.06. The van der Waals surface area contributed by atoms with E-state index in [9.17, 15) is 9.59 Å². The summed E-state index contributed by atoms with van der Waals surface area (Å²) < 4.78 is 1.36. The lowest BCUT2D eigenvalue weighted by molar-refractivity contribution is 0.0729. The number of aromatic nitrogens is 2. The smallest absolute Gasteiger partial charge is 0.275 e. The maximum atomic E-state index is 12.7. The van der Waals surface area contributed by atoms with E-state index in [2.05, 4.69) is 10.4 Å².